The van der Waals surface area contributed by atoms with Crippen LogP contribution in [0.3, 0.4) is 0 Å². The van der Waals surface area contributed by atoms with Gasteiger partial charge in [0, 0.05) is 26.5 Å². The molecule has 0 saturated heterocycles. The smallest absolute Gasteiger partial charge is 0.335 e. The lowest BCUT2D eigenvalue weighted by Gasteiger charge is -2.18. The molecule has 0 aliphatic heterocycles. The Kier molecular flexibility index (Phi) is 3.71. The fourth-order valence-corrected chi connectivity index (χ4v) is 1.85. The van der Waals surface area contributed by atoms with Crippen LogP contribution in [0, 0.1) is 0 Å². The molecule has 0 atom stereocenters. The van der Waals surface area contributed by atoms with Crippen LogP contribution >= 0.6 is 11.6 Å². The Bertz CT molecular complexity index is 612. The van der Waals surface area contributed by atoms with Crippen LogP contribution in [-0.2, 0) is 13.6 Å². The van der Waals surface area contributed by atoms with Gasteiger partial charge in [0.2, 0.25) is 0 Å². The fourth-order valence-electron chi connectivity index (χ4n) is 1.64. The number of carboxylic acids is 1. The van der Waals surface area contributed by atoms with Gasteiger partial charge in [0.05, 0.1) is 12.1 Å². The van der Waals surface area contributed by atoms with E-state index in [4.69, 9.17) is 16.7 Å². The third kappa shape index (κ3) is 3.03. The first-order chi connectivity index (χ1) is 8.97. The molecule has 2 heterocycles. The van der Waals surface area contributed by atoms with Gasteiger partial charge in [-0.25, -0.2) is 14.8 Å². The van der Waals surface area contributed by atoms with Crippen molar-refractivity contribution in [2.24, 2.45) is 7.05 Å². The topological polar surface area (TPSA) is 71.2 Å². The number of halogens is 1. The number of aryl methyl sites for hydroxylation is 1. The second-order valence-corrected chi connectivity index (χ2v) is 4.54. The van der Waals surface area contributed by atoms with Crippen LogP contribution in [0.2, 0.25) is 5.15 Å². The second-order valence-electron chi connectivity index (χ2n) is 4.15. The number of nitrogens with zero attached hydrogens (tertiary/aromatic N) is 4. The molecule has 0 amide bonds. The van der Waals surface area contributed by atoms with E-state index in [1.54, 1.807) is 18.1 Å². The van der Waals surface area contributed by atoms with Crippen molar-refractivity contribution in [1.82, 2.24) is 14.5 Å². The molecule has 0 aliphatic carbocycles. The van der Waals surface area contributed by atoms with Crippen LogP contribution in [0.1, 0.15) is 16.2 Å². The zero-order valence-corrected chi connectivity index (χ0v) is 11.3. The van der Waals surface area contributed by atoms with Crippen molar-refractivity contribution >= 4 is 23.4 Å². The highest BCUT2D eigenvalue weighted by Crippen LogP contribution is 2.18. The molecule has 19 heavy (non-hydrogen) atoms. The van der Waals surface area contributed by atoms with Gasteiger partial charge < -0.3 is 14.6 Å². The molecule has 0 saturated carbocycles. The van der Waals surface area contributed by atoms with Crippen molar-refractivity contribution in [2.75, 3.05) is 11.9 Å². The summed E-state index contributed by atoms with van der Waals surface area (Å²) in [4.78, 5) is 21.1. The highest BCUT2D eigenvalue weighted by Gasteiger charge is 2.12. The van der Waals surface area contributed by atoms with Gasteiger partial charge in [-0.05, 0) is 12.1 Å². The monoisotopic (exact) mass is 280 g/mol. The molecule has 0 fully saturated rings. The number of aromatic nitrogens is 3. The highest BCUT2D eigenvalue weighted by atomic mass is 35.5. The molecule has 7 heteroatoms. The fraction of sp³-hybridized carbons (Fsp3) is 0.250. The summed E-state index contributed by atoms with van der Waals surface area (Å²) >= 11 is 5.83. The molecule has 0 radical (unpaired) electrons. The number of aromatic carboxylic acids is 1. The average molecular weight is 281 g/mol. The van der Waals surface area contributed by atoms with Gasteiger partial charge in [0.15, 0.2) is 0 Å². The second kappa shape index (κ2) is 5.27. The summed E-state index contributed by atoms with van der Waals surface area (Å²) in [5.41, 5.74) is 0.113. The Labute approximate surface area is 115 Å². The number of carboxylic acid groups (broad SMARTS) is 1. The van der Waals surface area contributed by atoms with E-state index in [0.29, 0.717) is 12.4 Å². The maximum Gasteiger partial charge on any atom is 0.335 e. The molecule has 0 aromatic carbocycles. The Morgan fingerprint density at radius 1 is 1.53 bits per heavy atom. The van der Waals surface area contributed by atoms with Crippen LogP contribution in [-0.4, -0.2) is 32.7 Å². The third-order valence-corrected chi connectivity index (χ3v) is 2.91. The average Bonchev–Trinajstić information content (AvgIpc) is 2.74. The first kappa shape index (κ1) is 13.4. The predicted octanol–water partition coefficient (Wildman–Crippen LogP) is 1.80. The Morgan fingerprint density at radius 2 is 2.26 bits per heavy atom. The largest absolute Gasteiger partial charge is 0.478 e. The van der Waals surface area contributed by atoms with Gasteiger partial charge in [-0.1, -0.05) is 11.6 Å². The summed E-state index contributed by atoms with van der Waals surface area (Å²) in [7, 11) is 3.70. The standard InChI is InChI=1S/C12H13ClN4O2/c1-16-4-3-14-11(16)7-17(2)10-6-8(12(18)19)5-9(13)15-10/h3-6H,7H2,1-2H3,(H,18,19). The Hall–Kier alpha value is -2.08. The third-order valence-electron chi connectivity index (χ3n) is 2.72. The molecule has 0 spiro atoms. The molecule has 1 N–H and O–H groups in total. The van der Waals surface area contributed by atoms with E-state index < -0.39 is 5.97 Å². The van der Waals surface area contributed by atoms with Crippen molar-refractivity contribution in [3.05, 3.63) is 41.1 Å². The van der Waals surface area contributed by atoms with Crippen molar-refractivity contribution in [1.29, 1.82) is 0 Å². The van der Waals surface area contributed by atoms with Crippen LogP contribution in [0.25, 0.3) is 0 Å². The lowest BCUT2D eigenvalue weighted by molar-refractivity contribution is 0.0697. The lowest BCUT2D eigenvalue weighted by atomic mass is 10.2. The zero-order valence-electron chi connectivity index (χ0n) is 10.5. The maximum atomic E-state index is 11.0. The van der Waals surface area contributed by atoms with Crippen LogP contribution in [0.5, 0.6) is 0 Å². The molecule has 0 unspecified atom stereocenters. The molecule has 2 aromatic heterocycles. The van der Waals surface area contributed by atoms with Gasteiger partial charge in [0.25, 0.3) is 0 Å². The molecular weight excluding hydrogens is 268 g/mol. The first-order valence-electron chi connectivity index (χ1n) is 5.55. The summed E-state index contributed by atoms with van der Waals surface area (Å²) < 4.78 is 1.89. The van der Waals surface area contributed by atoms with Gasteiger partial charge in [-0.2, -0.15) is 0 Å². The van der Waals surface area contributed by atoms with E-state index >= 15 is 0 Å². The van der Waals surface area contributed by atoms with Gasteiger partial charge >= 0.3 is 5.97 Å². The SMILES string of the molecule is CN(Cc1nccn1C)c1cc(C(=O)O)cc(Cl)n1. The molecule has 0 bridgehead atoms. The minimum absolute atomic E-state index is 0.113. The van der Waals surface area contributed by atoms with E-state index in [1.165, 1.54) is 12.1 Å². The van der Waals surface area contributed by atoms with E-state index in [1.807, 2.05) is 17.8 Å². The van der Waals surface area contributed by atoms with Crippen molar-refractivity contribution < 1.29 is 9.90 Å². The number of hydrogen-bond donors (Lipinski definition) is 1. The van der Waals surface area contributed by atoms with E-state index in [2.05, 4.69) is 9.97 Å². The molecule has 2 aromatic rings. The van der Waals surface area contributed by atoms with Gasteiger partial charge in [-0.15, -0.1) is 0 Å². The lowest BCUT2D eigenvalue weighted by Crippen LogP contribution is -2.20. The summed E-state index contributed by atoms with van der Waals surface area (Å²) in [6.45, 7) is 0.510. The minimum Gasteiger partial charge on any atom is -0.478 e. The summed E-state index contributed by atoms with van der Waals surface area (Å²) in [6, 6.07) is 2.80. The van der Waals surface area contributed by atoms with Crippen molar-refractivity contribution in [3.8, 4) is 0 Å². The first-order valence-corrected chi connectivity index (χ1v) is 5.93. The Balaban J connectivity index is 2.26. The molecule has 100 valence electrons. The quantitative estimate of drug-likeness (QED) is 0.865. The number of rotatable bonds is 4. The minimum atomic E-state index is -1.03. The predicted molar refractivity (Wildman–Crippen MR) is 71.5 cm³/mol. The van der Waals surface area contributed by atoms with Gasteiger partial charge in [-0.3, -0.25) is 0 Å². The van der Waals surface area contributed by atoms with E-state index in [-0.39, 0.29) is 10.7 Å². The molecule has 6 nitrogen and oxygen atoms in total. The number of anilines is 1. The zero-order chi connectivity index (χ0) is 14.0. The van der Waals surface area contributed by atoms with Crippen LogP contribution in [0.4, 0.5) is 5.82 Å². The van der Waals surface area contributed by atoms with Crippen LogP contribution < -0.4 is 4.90 Å². The highest BCUT2D eigenvalue weighted by molar-refractivity contribution is 6.29. The summed E-state index contributed by atoms with van der Waals surface area (Å²) in [6.07, 6.45) is 3.55. The molecule has 2 rings (SSSR count). The number of hydrogen-bond acceptors (Lipinski definition) is 4. The van der Waals surface area contributed by atoms with Crippen molar-refractivity contribution in [3.63, 3.8) is 0 Å². The van der Waals surface area contributed by atoms with Crippen LogP contribution in [0.15, 0.2) is 24.5 Å². The molecule has 0 aliphatic rings. The van der Waals surface area contributed by atoms with Gasteiger partial charge in [0.1, 0.15) is 16.8 Å². The van der Waals surface area contributed by atoms with E-state index in [0.717, 1.165) is 5.82 Å². The molecular formula is C12H13ClN4O2. The summed E-state index contributed by atoms with van der Waals surface area (Å²) in [5.74, 6) is 0.310. The van der Waals surface area contributed by atoms with Crippen molar-refractivity contribution in [2.45, 2.75) is 6.54 Å². The number of carbonyl (C=O) groups is 1. The number of pyridine rings is 1. The maximum absolute atomic E-state index is 11.0. The van der Waals surface area contributed by atoms with E-state index in [9.17, 15) is 4.79 Å². The number of imidazole rings is 1. The normalized spacial score (nSPS) is 10.5. The summed E-state index contributed by atoms with van der Waals surface area (Å²) in [5, 5.41) is 9.15. The Morgan fingerprint density at radius 3 is 2.84 bits per heavy atom.